The zero-order valence-electron chi connectivity index (χ0n) is 10.3. The monoisotopic (exact) mass is 288 g/mol. The molecular weight excluding hydrogens is 272 g/mol. The lowest BCUT2D eigenvalue weighted by molar-refractivity contribution is -0.113. The number of aliphatic hydroxyl groups excluding tert-OH is 1. The summed E-state index contributed by atoms with van der Waals surface area (Å²) in [5, 5.41) is 12.5. The molecule has 18 heavy (non-hydrogen) atoms. The Kier molecular flexibility index (Phi) is 5.78. The van der Waals surface area contributed by atoms with Crippen molar-refractivity contribution in [3.8, 4) is 0 Å². The molecule has 4 nitrogen and oxygen atoms in total. The van der Waals surface area contributed by atoms with Gasteiger partial charge in [0.15, 0.2) is 0 Å². The molecule has 2 unspecified atom stereocenters. The summed E-state index contributed by atoms with van der Waals surface area (Å²) in [6, 6.07) is 4.91. The predicted octanol–water partition coefficient (Wildman–Crippen LogP) is 2.36. The van der Waals surface area contributed by atoms with Crippen molar-refractivity contribution in [1.82, 2.24) is 0 Å². The molecule has 0 spiro atoms. The van der Waals surface area contributed by atoms with Gasteiger partial charge in [-0.05, 0) is 25.1 Å². The average Bonchev–Trinajstić information content (AvgIpc) is 2.30. The molecular formula is C12H17ClN2O2S. The van der Waals surface area contributed by atoms with E-state index in [4.69, 9.17) is 17.3 Å². The molecule has 1 amide bonds. The standard InChI is InChI=1S/C12H17ClN2O2S/c1-7(16)8(2)18-6-12(17)15-11-5-9(13)3-4-10(11)14/h3-5,7-8,16H,6,14H2,1-2H3,(H,15,17). The summed E-state index contributed by atoms with van der Waals surface area (Å²) >= 11 is 7.21. The Morgan fingerprint density at radius 3 is 2.83 bits per heavy atom. The minimum Gasteiger partial charge on any atom is -0.397 e. The number of thioether (sulfide) groups is 1. The molecule has 0 saturated carbocycles. The van der Waals surface area contributed by atoms with Crippen LogP contribution < -0.4 is 11.1 Å². The van der Waals surface area contributed by atoms with E-state index in [0.29, 0.717) is 16.4 Å². The van der Waals surface area contributed by atoms with E-state index in [1.54, 1.807) is 25.1 Å². The van der Waals surface area contributed by atoms with E-state index in [9.17, 15) is 9.90 Å². The molecule has 100 valence electrons. The molecule has 0 saturated heterocycles. The number of carbonyl (C=O) groups excluding carboxylic acids is 1. The fourth-order valence-electron chi connectivity index (χ4n) is 1.17. The first-order valence-electron chi connectivity index (χ1n) is 5.54. The topological polar surface area (TPSA) is 75.3 Å². The number of benzene rings is 1. The molecule has 0 aliphatic heterocycles. The van der Waals surface area contributed by atoms with Crippen molar-refractivity contribution in [1.29, 1.82) is 0 Å². The quantitative estimate of drug-likeness (QED) is 0.727. The third-order valence-electron chi connectivity index (χ3n) is 2.45. The number of carbonyl (C=O) groups is 1. The lowest BCUT2D eigenvalue weighted by Crippen LogP contribution is -2.21. The predicted molar refractivity (Wildman–Crippen MR) is 78.1 cm³/mol. The van der Waals surface area contributed by atoms with Crippen molar-refractivity contribution < 1.29 is 9.90 Å². The second-order valence-corrected chi connectivity index (χ2v) is 5.84. The first kappa shape index (κ1) is 15.1. The van der Waals surface area contributed by atoms with E-state index in [2.05, 4.69) is 5.32 Å². The van der Waals surface area contributed by atoms with Gasteiger partial charge in [0.05, 0.1) is 23.2 Å². The Bertz CT molecular complexity index is 427. The summed E-state index contributed by atoms with van der Waals surface area (Å²) in [7, 11) is 0. The zero-order chi connectivity index (χ0) is 13.7. The molecule has 0 aromatic heterocycles. The highest BCUT2D eigenvalue weighted by Gasteiger charge is 2.12. The Hall–Kier alpha value is -0.910. The third-order valence-corrected chi connectivity index (χ3v) is 4.03. The van der Waals surface area contributed by atoms with Gasteiger partial charge >= 0.3 is 0 Å². The molecule has 0 heterocycles. The largest absolute Gasteiger partial charge is 0.397 e. The van der Waals surface area contributed by atoms with Gasteiger partial charge in [-0.1, -0.05) is 18.5 Å². The number of amides is 1. The Balaban J connectivity index is 2.52. The maximum atomic E-state index is 11.7. The van der Waals surface area contributed by atoms with E-state index < -0.39 is 6.10 Å². The van der Waals surface area contributed by atoms with Crippen LogP contribution in [-0.2, 0) is 4.79 Å². The van der Waals surface area contributed by atoms with Crippen LogP contribution in [0.4, 0.5) is 11.4 Å². The maximum absolute atomic E-state index is 11.7. The van der Waals surface area contributed by atoms with Crippen LogP contribution in [0.25, 0.3) is 0 Å². The summed E-state index contributed by atoms with van der Waals surface area (Å²) < 4.78 is 0. The minimum atomic E-state index is -0.445. The second kappa shape index (κ2) is 6.87. The van der Waals surface area contributed by atoms with Crippen molar-refractivity contribution in [2.45, 2.75) is 25.2 Å². The number of hydrogen-bond donors (Lipinski definition) is 3. The first-order valence-corrected chi connectivity index (χ1v) is 6.97. The fourth-order valence-corrected chi connectivity index (χ4v) is 2.11. The van der Waals surface area contributed by atoms with Gasteiger partial charge in [0.1, 0.15) is 0 Å². The second-order valence-electron chi connectivity index (χ2n) is 4.04. The Morgan fingerprint density at radius 1 is 1.56 bits per heavy atom. The van der Waals surface area contributed by atoms with Crippen LogP contribution in [-0.4, -0.2) is 28.1 Å². The highest BCUT2D eigenvalue weighted by molar-refractivity contribution is 8.00. The molecule has 4 N–H and O–H groups in total. The Morgan fingerprint density at radius 2 is 2.22 bits per heavy atom. The lowest BCUT2D eigenvalue weighted by Gasteiger charge is -2.14. The summed E-state index contributed by atoms with van der Waals surface area (Å²) in [5.74, 6) is 0.0966. The zero-order valence-corrected chi connectivity index (χ0v) is 11.9. The summed E-state index contributed by atoms with van der Waals surface area (Å²) in [6.45, 7) is 3.57. The van der Waals surface area contributed by atoms with Crippen molar-refractivity contribution in [3.63, 3.8) is 0 Å². The van der Waals surface area contributed by atoms with Crippen molar-refractivity contribution in [2.75, 3.05) is 16.8 Å². The minimum absolute atomic E-state index is 0.00691. The normalized spacial score (nSPS) is 14.0. The van der Waals surface area contributed by atoms with Crippen LogP contribution in [0.15, 0.2) is 18.2 Å². The van der Waals surface area contributed by atoms with Gasteiger partial charge in [-0.15, -0.1) is 11.8 Å². The lowest BCUT2D eigenvalue weighted by atomic mass is 10.2. The molecule has 0 aliphatic rings. The number of aliphatic hydroxyl groups is 1. The molecule has 0 aliphatic carbocycles. The fraction of sp³-hybridized carbons (Fsp3) is 0.417. The van der Waals surface area contributed by atoms with Gasteiger partial charge in [-0.2, -0.15) is 0 Å². The number of nitrogens with two attached hydrogens (primary N) is 1. The van der Waals surface area contributed by atoms with E-state index >= 15 is 0 Å². The molecule has 0 fully saturated rings. The number of halogens is 1. The number of rotatable bonds is 5. The smallest absolute Gasteiger partial charge is 0.234 e. The van der Waals surface area contributed by atoms with E-state index in [0.717, 1.165) is 0 Å². The SMILES string of the molecule is CC(O)C(C)SCC(=O)Nc1cc(Cl)ccc1N. The Labute approximate surface area is 116 Å². The van der Waals surface area contributed by atoms with E-state index in [-0.39, 0.29) is 16.9 Å². The van der Waals surface area contributed by atoms with Gasteiger partial charge in [-0.25, -0.2) is 0 Å². The van der Waals surface area contributed by atoms with Crippen LogP contribution in [0.3, 0.4) is 0 Å². The molecule has 2 atom stereocenters. The van der Waals surface area contributed by atoms with E-state index in [1.165, 1.54) is 11.8 Å². The molecule has 1 aromatic carbocycles. The molecule has 1 rings (SSSR count). The van der Waals surface area contributed by atoms with Crippen LogP contribution in [0.5, 0.6) is 0 Å². The van der Waals surface area contributed by atoms with Crippen LogP contribution in [0, 0.1) is 0 Å². The van der Waals surface area contributed by atoms with Crippen LogP contribution in [0.1, 0.15) is 13.8 Å². The maximum Gasteiger partial charge on any atom is 0.234 e. The number of nitrogens with one attached hydrogen (secondary N) is 1. The van der Waals surface area contributed by atoms with Crippen LogP contribution >= 0.6 is 23.4 Å². The van der Waals surface area contributed by atoms with Gasteiger partial charge < -0.3 is 16.2 Å². The number of hydrogen-bond acceptors (Lipinski definition) is 4. The molecule has 6 heteroatoms. The summed E-state index contributed by atoms with van der Waals surface area (Å²) in [6.07, 6.45) is -0.445. The summed E-state index contributed by atoms with van der Waals surface area (Å²) in [4.78, 5) is 11.7. The van der Waals surface area contributed by atoms with Gasteiger partial charge in [0, 0.05) is 10.3 Å². The van der Waals surface area contributed by atoms with Gasteiger partial charge in [0.25, 0.3) is 0 Å². The number of nitrogen functional groups attached to an aromatic ring is 1. The number of anilines is 2. The third kappa shape index (κ3) is 4.76. The van der Waals surface area contributed by atoms with Crippen molar-refractivity contribution >= 4 is 40.6 Å². The van der Waals surface area contributed by atoms with Gasteiger partial charge in [0.2, 0.25) is 5.91 Å². The highest BCUT2D eigenvalue weighted by atomic mass is 35.5. The molecule has 1 aromatic rings. The van der Waals surface area contributed by atoms with E-state index in [1.807, 2.05) is 6.92 Å². The van der Waals surface area contributed by atoms with Crippen molar-refractivity contribution in [2.24, 2.45) is 0 Å². The van der Waals surface area contributed by atoms with Gasteiger partial charge in [-0.3, -0.25) is 4.79 Å². The van der Waals surface area contributed by atoms with Crippen molar-refractivity contribution in [3.05, 3.63) is 23.2 Å². The summed E-state index contributed by atoms with van der Waals surface area (Å²) in [5.41, 5.74) is 6.71. The highest BCUT2D eigenvalue weighted by Crippen LogP contribution is 2.23. The molecule has 0 bridgehead atoms. The molecule has 0 radical (unpaired) electrons. The first-order chi connectivity index (χ1) is 8.40. The average molecular weight is 289 g/mol. The van der Waals surface area contributed by atoms with Crippen LogP contribution in [0.2, 0.25) is 5.02 Å².